The Bertz CT molecular complexity index is 287. The summed E-state index contributed by atoms with van der Waals surface area (Å²) in [4.78, 5) is 9.64. The van der Waals surface area contributed by atoms with Crippen molar-refractivity contribution in [1.82, 2.24) is 0 Å². The number of rotatable bonds is 4. The average Bonchev–Trinajstić information content (AvgIpc) is 2.25. The lowest BCUT2D eigenvalue weighted by Gasteiger charge is -2.29. The lowest BCUT2D eigenvalue weighted by atomic mass is 10.0. The van der Waals surface area contributed by atoms with Crippen LogP contribution in [0, 0.1) is 0 Å². The van der Waals surface area contributed by atoms with Crippen LogP contribution in [0.2, 0.25) is 0 Å². The van der Waals surface area contributed by atoms with Gasteiger partial charge >= 0.3 is 13.8 Å². The van der Waals surface area contributed by atoms with Crippen molar-refractivity contribution in [1.29, 1.82) is 0 Å². The summed E-state index contributed by atoms with van der Waals surface area (Å²) < 4.78 is 53.7. The van der Waals surface area contributed by atoms with Gasteiger partial charge in [-0.3, -0.25) is 9.09 Å². The van der Waals surface area contributed by atoms with Crippen LogP contribution in [0.4, 0.5) is 13.2 Å². The van der Waals surface area contributed by atoms with E-state index in [2.05, 4.69) is 4.52 Å². The highest BCUT2D eigenvalue weighted by Crippen LogP contribution is 2.55. The molecule has 1 aliphatic carbocycles. The highest BCUT2D eigenvalue weighted by atomic mass is 31.2. The van der Waals surface area contributed by atoms with E-state index in [0.717, 1.165) is 19.3 Å². The lowest BCUT2D eigenvalue weighted by Crippen LogP contribution is -2.31. The minimum atomic E-state index is -4.58. The zero-order valence-electron chi connectivity index (χ0n) is 9.74. The number of hydrogen-bond donors (Lipinski definition) is 1. The lowest BCUT2D eigenvalue weighted by molar-refractivity contribution is -0.197. The van der Waals surface area contributed by atoms with Crippen molar-refractivity contribution in [2.45, 2.75) is 63.4 Å². The Balaban J connectivity index is 2.66. The summed E-state index contributed by atoms with van der Waals surface area (Å²) in [7, 11) is -4.16. The summed E-state index contributed by atoms with van der Waals surface area (Å²) in [6.45, 7) is 1.29. The first-order chi connectivity index (χ1) is 7.77. The highest BCUT2D eigenvalue weighted by molar-refractivity contribution is 7.53. The molecule has 102 valence electrons. The molecule has 0 amide bonds. The SMILES string of the molecule is CCC(OP(=O)(O)C1CCCCC1)C(F)(F)F. The van der Waals surface area contributed by atoms with Crippen LogP contribution in [0.5, 0.6) is 0 Å². The van der Waals surface area contributed by atoms with Gasteiger partial charge in [0, 0.05) is 0 Å². The van der Waals surface area contributed by atoms with E-state index < -0.39 is 25.5 Å². The van der Waals surface area contributed by atoms with E-state index in [4.69, 9.17) is 0 Å². The Morgan fingerprint density at radius 2 is 1.88 bits per heavy atom. The maximum atomic E-state index is 12.5. The third-order valence-corrected chi connectivity index (χ3v) is 5.05. The van der Waals surface area contributed by atoms with Crippen molar-refractivity contribution >= 4 is 7.60 Å². The fourth-order valence-corrected chi connectivity index (χ4v) is 3.86. The predicted octanol–water partition coefficient (Wildman–Crippen LogP) is 3.86. The molecule has 0 heterocycles. The van der Waals surface area contributed by atoms with Crippen molar-refractivity contribution in [3.63, 3.8) is 0 Å². The molecule has 0 saturated heterocycles. The van der Waals surface area contributed by atoms with Gasteiger partial charge in [0.25, 0.3) is 0 Å². The van der Waals surface area contributed by atoms with Gasteiger partial charge < -0.3 is 4.89 Å². The van der Waals surface area contributed by atoms with Gasteiger partial charge in [-0.2, -0.15) is 13.2 Å². The van der Waals surface area contributed by atoms with Gasteiger partial charge in [-0.1, -0.05) is 26.2 Å². The Morgan fingerprint density at radius 3 is 2.29 bits per heavy atom. The molecular weight excluding hydrogens is 256 g/mol. The molecule has 0 radical (unpaired) electrons. The second kappa shape index (κ2) is 5.72. The van der Waals surface area contributed by atoms with Crippen molar-refractivity contribution < 1.29 is 27.2 Å². The maximum Gasteiger partial charge on any atom is 0.415 e. The average molecular weight is 274 g/mol. The fourth-order valence-electron chi connectivity index (χ4n) is 2.04. The quantitative estimate of drug-likeness (QED) is 0.792. The Hall–Kier alpha value is -0.0600. The number of halogens is 3. The monoisotopic (exact) mass is 274 g/mol. The van der Waals surface area contributed by atoms with Crippen LogP contribution < -0.4 is 0 Å². The number of hydrogen-bond acceptors (Lipinski definition) is 2. The molecule has 0 aromatic rings. The molecule has 1 aliphatic rings. The van der Waals surface area contributed by atoms with E-state index in [9.17, 15) is 22.6 Å². The molecule has 1 rings (SSSR count). The summed E-state index contributed by atoms with van der Waals surface area (Å²) in [5.74, 6) is 0. The second-order valence-corrected chi connectivity index (χ2v) is 6.47. The molecule has 0 aliphatic heterocycles. The molecule has 0 aromatic carbocycles. The molecule has 0 bridgehead atoms. The third kappa shape index (κ3) is 4.27. The normalized spacial score (nSPS) is 24.3. The van der Waals surface area contributed by atoms with E-state index in [1.165, 1.54) is 6.92 Å². The molecule has 1 fully saturated rings. The Morgan fingerprint density at radius 1 is 1.35 bits per heavy atom. The van der Waals surface area contributed by atoms with Gasteiger partial charge in [-0.25, -0.2) is 0 Å². The van der Waals surface area contributed by atoms with Crippen LogP contribution >= 0.6 is 7.60 Å². The maximum absolute atomic E-state index is 12.5. The minimum absolute atomic E-state index is 0.346. The van der Waals surface area contributed by atoms with Gasteiger partial charge in [0.2, 0.25) is 0 Å². The third-order valence-electron chi connectivity index (χ3n) is 3.05. The van der Waals surface area contributed by atoms with E-state index in [1.807, 2.05) is 0 Å². The van der Waals surface area contributed by atoms with Crippen LogP contribution in [-0.2, 0) is 9.09 Å². The summed E-state index contributed by atoms with van der Waals surface area (Å²) >= 11 is 0. The summed E-state index contributed by atoms with van der Waals surface area (Å²) in [6.07, 6.45) is -3.59. The topological polar surface area (TPSA) is 46.5 Å². The summed E-state index contributed by atoms with van der Waals surface area (Å²) in [5.41, 5.74) is -0.632. The second-order valence-electron chi connectivity index (χ2n) is 4.40. The summed E-state index contributed by atoms with van der Waals surface area (Å²) in [6, 6.07) is 0. The fraction of sp³-hybridized carbons (Fsp3) is 1.00. The van der Waals surface area contributed by atoms with Crippen LogP contribution in [0.3, 0.4) is 0 Å². The van der Waals surface area contributed by atoms with Crippen molar-refractivity contribution in [3.8, 4) is 0 Å². The number of alkyl halides is 3. The van der Waals surface area contributed by atoms with Crippen LogP contribution in [0.15, 0.2) is 0 Å². The zero-order chi connectivity index (χ0) is 13.1. The molecule has 7 heteroatoms. The van der Waals surface area contributed by atoms with Crippen molar-refractivity contribution in [2.75, 3.05) is 0 Å². The predicted molar refractivity (Wildman–Crippen MR) is 57.9 cm³/mol. The molecule has 3 nitrogen and oxygen atoms in total. The van der Waals surface area contributed by atoms with Gasteiger partial charge in [0.15, 0.2) is 6.10 Å². The smallest absolute Gasteiger partial charge is 0.324 e. The molecule has 1 saturated carbocycles. The molecular formula is C10H18F3O3P. The van der Waals surface area contributed by atoms with Gasteiger partial charge in [-0.15, -0.1) is 0 Å². The van der Waals surface area contributed by atoms with Crippen molar-refractivity contribution in [2.24, 2.45) is 0 Å². The molecule has 2 atom stereocenters. The first kappa shape index (κ1) is 15.0. The first-order valence-electron chi connectivity index (χ1n) is 5.85. The first-order valence-corrected chi connectivity index (χ1v) is 7.49. The van der Waals surface area contributed by atoms with Crippen LogP contribution in [0.1, 0.15) is 45.4 Å². The van der Waals surface area contributed by atoms with E-state index in [0.29, 0.717) is 12.8 Å². The Kier molecular flexibility index (Phi) is 5.05. The summed E-state index contributed by atoms with van der Waals surface area (Å²) in [5, 5.41) is 0. The van der Waals surface area contributed by atoms with E-state index in [1.54, 1.807) is 0 Å². The minimum Gasteiger partial charge on any atom is -0.324 e. The van der Waals surface area contributed by atoms with Gasteiger partial charge in [0.05, 0.1) is 5.66 Å². The molecule has 0 spiro atoms. The van der Waals surface area contributed by atoms with Gasteiger partial charge in [-0.05, 0) is 19.3 Å². The highest BCUT2D eigenvalue weighted by Gasteiger charge is 2.45. The van der Waals surface area contributed by atoms with Crippen molar-refractivity contribution in [3.05, 3.63) is 0 Å². The Labute approximate surface area is 98.9 Å². The van der Waals surface area contributed by atoms with Gasteiger partial charge in [0.1, 0.15) is 0 Å². The molecule has 1 N–H and O–H groups in total. The van der Waals surface area contributed by atoms with Crippen LogP contribution in [-0.4, -0.2) is 22.8 Å². The molecule has 17 heavy (non-hydrogen) atoms. The van der Waals surface area contributed by atoms with E-state index in [-0.39, 0.29) is 6.42 Å². The molecule has 2 unspecified atom stereocenters. The molecule has 0 aromatic heterocycles. The van der Waals surface area contributed by atoms with Crippen LogP contribution in [0.25, 0.3) is 0 Å². The largest absolute Gasteiger partial charge is 0.415 e. The van der Waals surface area contributed by atoms with E-state index >= 15 is 0 Å². The standard InChI is InChI=1S/C10H18F3O3P/c1-2-9(10(11,12)13)16-17(14,15)8-6-4-3-5-7-8/h8-9H,2-7H2,1H3,(H,14,15). The zero-order valence-corrected chi connectivity index (χ0v) is 10.6.